The fourth-order valence-electron chi connectivity index (χ4n) is 2.39. The van der Waals surface area contributed by atoms with Gasteiger partial charge in [0.15, 0.2) is 18.3 Å². The minimum absolute atomic E-state index is 0.0278. The average molecular weight is 449 g/mol. The number of carbonyl (C=O) groups excluding carboxylic acids is 1. The Labute approximate surface area is 177 Å². The van der Waals surface area contributed by atoms with Crippen molar-refractivity contribution >= 4 is 17.5 Å². The van der Waals surface area contributed by atoms with Gasteiger partial charge in [0, 0.05) is 23.9 Å². The van der Waals surface area contributed by atoms with E-state index in [1.54, 1.807) is 0 Å². The Morgan fingerprint density at radius 2 is 1.91 bits per heavy atom. The highest BCUT2D eigenvalue weighted by molar-refractivity contribution is 5.98. The molecule has 1 aromatic heterocycles. The third-order valence-electron chi connectivity index (χ3n) is 3.98. The Hall–Kier alpha value is -4.42. The number of nitro benzene ring substituents is 1. The van der Waals surface area contributed by atoms with Gasteiger partial charge in [-0.1, -0.05) is 11.2 Å². The molecule has 166 valence electrons. The Kier molecular flexibility index (Phi) is 6.37. The molecule has 0 fully saturated rings. The molecule has 32 heavy (non-hydrogen) atoms. The molecule has 0 radical (unpaired) electrons. The number of hydrogen-bond acceptors (Lipinski definition) is 7. The molecule has 1 heterocycles. The largest absolute Gasteiger partial charge is 0.471 e. The minimum Gasteiger partial charge on any atom is -0.471 e. The summed E-state index contributed by atoms with van der Waals surface area (Å²) in [5.74, 6) is -1.17. The zero-order chi connectivity index (χ0) is 23.3. The van der Waals surface area contributed by atoms with Crippen LogP contribution in [0.25, 0.3) is 0 Å². The van der Waals surface area contributed by atoms with Gasteiger partial charge in [-0.25, -0.2) is 9.48 Å². The number of non-ortho nitro benzene ring substituents is 1. The first-order valence-corrected chi connectivity index (χ1v) is 8.76. The van der Waals surface area contributed by atoms with Crippen LogP contribution in [0.1, 0.15) is 21.6 Å². The van der Waals surface area contributed by atoms with Crippen LogP contribution in [0.5, 0.6) is 5.75 Å². The second kappa shape index (κ2) is 9.16. The molecule has 0 saturated heterocycles. The highest BCUT2D eigenvalue weighted by Gasteiger charge is 2.30. The lowest BCUT2D eigenvalue weighted by Gasteiger charge is -2.10. The summed E-state index contributed by atoms with van der Waals surface area (Å²) in [6, 6.07) is 10.7. The van der Waals surface area contributed by atoms with E-state index in [1.165, 1.54) is 53.3 Å². The van der Waals surface area contributed by atoms with E-state index in [-0.39, 0.29) is 29.7 Å². The summed E-state index contributed by atoms with van der Waals surface area (Å²) >= 11 is 0. The summed E-state index contributed by atoms with van der Waals surface area (Å²) in [4.78, 5) is 26.8. The summed E-state index contributed by atoms with van der Waals surface area (Å²) in [6.07, 6.45) is -3.15. The van der Waals surface area contributed by atoms with Crippen molar-refractivity contribution < 1.29 is 32.5 Å². The number of hydrogen-bond donors (Lipinski definition) is 1. The van der Waals surface area contributed by atoms with E-state index in [0.29, 0.717) is 5.56 Å². The molecule has 3 aromatic rings. The molecule has 0 aliphatic carbocycles. The maximum Gasteiger partial charge on any atom is 0.416 e. The van der Waals surface area contributed by atoms with E-state index in [9.17, 15) is 28.1 Å². The van der Waals surface area contributed by atoms with Gasteiger partial charge in [-0.15, -0.1) is 0 Å². The van der Waals surface area contributed by atoms with Crippen LogP contribution >= 0.6 is 0 Å². The quantitative estimate of drug-likeness (QED) is 0.192. The van der Waals surface area contributed by atoms with Crippen molar-refractivity contribution in [1.29, 1.82) is 0 Å². The van der Waals surface area contributed by atoms with Crippen LogP contribution < -0.4 is 10.5 Å². The normalized spacial score (nSPS) is 11.8. The van der Waals surface area contributed by atoms with E-state index >= 15 is 0 Å². The van der Waals surface area contributed by atoms with E-state index in [2.05, 4.69) is 10.3 Å². The summed E-state index contributed by atoms with van der Waals surface area (Å²) in [7, 11) is 0. The second-order valence-electron chi connectivity index (χ2n) is 6.20. The zero-order valence-corrected chi connectivity index (χ0v) is 16.0. The van der Waals surface area contributed by atoms with Gasteiger partial charge in [0.25, 0.3) is 5.69 Å². The molecular formula is C19H14F3N5O5. The van der Waals surface area contributed by atoms with Crippen LogP contribution in [-0.2, 0) is 17.7 Å². The monoisotopic (exact) mass is 449 g/mol. The summed E-state index contributed by atoms with van der Waals surface area (Å²) in [6.45, 7) is -0.261. The van der Waals surface area contributed by atoms with E-state index < -0.39 is 22.6 Å². The fourth-order valence-corrected chi connectivity index (χ4v) is 2.39. The molecule has 0 atom stereocenters. The SMILES string of the molecule is N/C(=N\OC(=O)c1ccn(COc2cccc(C(F)(F)F)c2)n1)c1ccc([N+](=O)[O-])cc1. The zero-order valence-electron chi connectivity index (χ0n) is 16.0. The Bertz CT molecular complexity index is 1160. The predicted molar refractivity (Wildman–Crippen MR) is 104 cm³/mol. The number of halogens is 3. The smallest absolute Gasteiger partial charge is 0.416 e. The van der Waals surface area contributed by atoms with E-state index in [4.69, 9.17) is 15.3 Å². The lowest BCUT2D eigenvalue weighted by Crippen LogP contribution is -2.15. The highest BCUT2D eigenvalue weighted by atomic mass is 19.4. The molecule has 3 rings (SSSR count). The average Bonchev–Trinajstić information content (AvgIpc) is 3.25. The van der Waals surface area contributed by atoms with Crippen LogP contribution in [0.4, 0.5) is 18.9 Å². The molecule has 0 aliphatic heterocycles. The van der Waals surface area contributed by atoms with Gasteiger partial charge in [0.1, 0.15) is 5.75 Å². The molecule has 2 aromatic carbocycles. The number of benzene rings is 2. The number of amidine groups is 1. The standard InChI is InChI=1S/C19H14F3N5O5/c20-19(21,22)13-2-1-3-15(10-13)31-11-26-9-8-16(24-26)18(28)32-25-17(23)12-4-6-14(7-5-12)27(29)30/h1-10H,11H2,(H2,23,25). The Morgan fingerprint density at radius 1 is 1.19 bits per heavy atom. The predicted octanol–water partition coefficient (Wildman–Crippen LogP) is 3.32. The van der Waals surface area contributed by atoms with Gasteiger partial charge in [-0.3, -0.25) is 10.1 Å². The van der Waals surface area contributed by atoms with Gasteiger partial charge in [0.05, 0.1) is 10.5 Å². The lowest BCUT2D eigenvalue weighted by atomic mass is 10.2. The van der Waals surface area contributed by atoms with Gasteiger partial charge in [-0.05, 0) is 36.4 Å². The Morgan fingerprint density at radius 3 is 2.56 bits per heavy atom. The van der Waals surface area contributed by atoms with Crippen molar-refractivity contribution in [3.63, 3.8) is 0 Å². The molecule has 0 spiro atoms. The van der Waals surface area contributed by atoms with Crippen molar-refractivity contribution in [2.75, 3.05) is 0 Å². The number of carbonyl (C=O) groups is 1. The van der Waals surface area contributed by atoms with Crippen LogP contribution in [0.15, 0.2) is 65.9 Å². The number of ether oxygens (including phenoxy) is 1. The molecule has 2 N–H and O–H groups in total. The number of aromatic nitrogens is 2. The number of alkyl halides is 3. The van der Waals surface area contributed by atoms with Crippen molar-refractivity contribution in [3.05, 3.63) is 87.7 Å². The maximum atomic E-state index is 12.7. The van der Waals surface area contributed by atoms with Gasteiger partial charge in [-0.2, -0.15) is 18.3 Å². The number of rotatable bonds is 7. The second-order valence-corrected chi connectivity index (χ2v) is 6.20. The first-order valence-electron chi connectivity index (χ1n) is 8.76. The highest BCUT2D eigenvalue weighted by Crippen LogP contribution is 2.31. The van der Waals surface area contributed by atoms with E-state index in [0.717, 1.165) is 12.1 Å². The molecule has 10 nitrogen and oxygen atoms in total. The number of nitro groups is 1. The van der Waals surface area contributed by atoms with Gasteiger partial charge >= 0.3 is 12.1 Å². The number of nitrogens with two attached hydrogens (primary N) is 1. The van der Waals surface area contributed by atoms with Crippen molar-refractivity contribution in [3.8, 4) is 5.75 Å². The molecule has 0 aliphatic rings. The van der Waals surface area contributed by atoms with Crippen molar-refractivity contribution in [2.24, 2.45) is 10.9 Å². The Balaban J connectivity index is 1.58. The minimum atomic E-state index is -4.50. The van der Waals surface area contributed by atoms with Crippen molar-refractivity contribution in [1.82, 2.24) is 9.78 Å². The van der Waals surface area contributed by atoms with Crippen molar-refractivity contribution in [2.45, 2.75) is 12.9 Å². The molecule has 13 heteroatoms. The fraction of sp³-hybridized carbons (Fsp3) is 0.105. The molecule has 0 unspecified atom stereocenters. The molecule has 0 saturated carbocycles. The number of oxime groups is 1. The first-order chi connectivity index (χ1) is 15.1. The third kappa shape index (κ3) is 5.59. The topological polar surface area (TPSA) is 135 Å². The molecule has 0 bridgehead atoms. The van der Waals surface area contributed by atoms with Crippen LogP contribution in [0.3, 0.4) is 0 Å². The maximum absolute atomic E-state index is 12.7. The summed E-state index contributed by atoms with van der Waals surface area (Å²) in [5.41, 5.74) is 4.82. The summed E-state index contributed by atoms with van der Waals surface area (Å²) in [5, 5.41) is 18.0. The van der Waals surface area contributed by atoms with Gasteiger partial charge in [0.2, 0.25) is 0 Å². The molecular weight excluding hydrogens is 435 g/mol. The molecule has 0 amide bonds. The van der Waals surface area contributed by atoms with Crippen LogP contribution in [-0.4, -0.2) is 26.5 Å². The lowest BCUT2D eigenvalue weighted by molar-refractivity contribution is -0.384. The van der Waals surface area contributed by atoms with Crippen LogP contribution in [0, 0.1) is 10.1 Å². The van der Waals surface area contributed by atoms with Gasteiger partial charge < -0.3 is 15.3 Å². The summed E-state index contributed by atoms with van der Waals surface area (Å²) < 4.78 is 44.6. The van der Waals surface area contributed by atoms with E-state index in [1.807, 2.05) is 0 Å². The number of nitrogens with zero attached hydrogens (tertiary/aromatic N) is 4. The third-order valence-corrected chi connectivity index (χ3v) is 3.98. The first kappa shape index (κ1) is 22.3. The van der Waals surface area contributed by atoms with Crippen LogP contribution in [0.2, 0.25) is 0 Å².